The average molecular weight is 311 g/mol. The third-order valence-electron chi connectivity index (χ3n) is 1.63. The Hall–Kier alpha value is -0.730. The maximum Gasteiger partial charge on any atom is 0.435 e. The smallest absolute Gasteiger partial charge is 0.271 e. The normalized spacial score (nSPS) is 15.2. The van der Waals surface area contributed by atoms with E-state index in [1.807, 2.05) is 0 Å². The third-order valence-corrected chi connectivity index (χ3v) is 2.44. The highest BCUT2D eigenvalue weighted by molar-refractivity contribution is 9.09. The van der Waals surface area contributed by atoms with E-state index in [9.17, 15) is 26.3 Å². The number of nitrogens with zero attached hydrogens (tertiary/aromatic N) is 2. The number of halogens is 7. The summed E-state index contributed by atoms with van der Waals surface area (Å²) in [5.41, 5.74) is -1.21. The van der Waals surface area contributed by atoms with Gasteiger partial charge in [-0.15, -0.1) is 0 Å². The Morgan fingerprint density at radius 2 is 1.81 bits per heavy atom. The van der Waals surface area contributed by atoms with E-state index in [4.69, 9.17) is 0 Å². The molecule has 1 aromatic rings. The molecule has 0 saturated heterocycles. The van der Waals surface area contributed by atoms with E-state index in [-0.39, 0.29) is 0 Å². The molecule has 0 saturated carbocycles. The number of hydrogen-bond acceptors (Lipinski definition) is 1. The Kier molecular flexibility index (Phi) is 3.56. The summed E-state index contributed by atoms with van der Waals surface area (Å²) in [6.45, 7) is -0.709. The van der Waals surface area contributed by atoms with Crippen molar-refractivity contribution in [1.29, 1.82) is 0 Å². The molecule has 2 nitrogen and oxygen atoms in total. The van der Waals surface area contributed by atoms with Crippen molar-refractivity contribution < 1.29 is 26.3 Å². The molecular weight excluding hydrogens is 306 g/mol. The molecule has 0 bridgehead atoms. The molecule has 0 aliphatic carbocycles. The minimum atomic E-state index is -4.65. The van der Waals surface area contributed by atoms with E-state index >= 15 is 0 Å². The Morgan fingerprint density at radius 1 is 1.25 bits per heavy atom. The van der Waals surface area contributed by atoms with Crippen LogP contribution in [0.15, 0.2) is 12.3 Å². The van der Waals surface area contributed by atoms with Gasteiger partial charge in [0, 0.05) is 6.20 Å². The van der Waals surface area contributed by atoms with Crippen LogP contribution in [-0.2, 0) is 12.7 Å². The highest BCUT2D eigenvalue weighted by atomic mass is 79.9. The fourth-order valence-corrected chi connectivity index (χ4v) is 1.18. The molecule has 1 heterocycles. The van der Waals surface area contributed by atoms with Crippen LogP contribution in [-0.4, -0.2) is 20.8 Å². The molecular formula is C7H5BrF6N2. The summed E-state index contributed by atoms with van der Waals surface area (Å²) < 4.78 is 73.0. The van der Waals surface area contributed by atoms with Gasteiger partial charge in [0.2, 0.25) is 0 Å². The molecule has 0 amide bonds. The molecule has 16 heavy (non-hydrogen) atoms. The molecule has 0 aliphatic heterocycles. The molecule has 1 rings (SSSR count). The SMILES string of the molecule is FC(F)(F)c1ccn(CC(Br)C(F)(F)F)n1. The molecule has 0 radical (unpaired) electrons. The van der Waals surface area contributed by atoms with Crippen molar-refractivity contribution in [3.63, 3.8) is 0 Å². The van der Waals surface area contributed by atoms with Gasteiger partial charge in [-0.2, -0.15) is 31.4 Å². The molecule has 92 valence electrons. The monoisotopic (exact) mass is 310 g/mol. The first-order valence-corrected chi connectivity index (χ1v) is 4.83. The zero-order valence-corrected chi connectivity index (χ0v) is 9.07. The predicted octanol–water partition coefficient (Wildman–Crippen LogP) is 3.23. The van der Waals surface area contributed by atoms with Gasteiger partial charge in [0.15, 0.2) is 5.69 Å². The van der Waals surface area contributed by atoms with Gasteiger partial charge in [-0.3, -0.25) is 4.68 Å². The van der Waals surface area contributed by atoms with E-state index in [1.165, 1.54) is 0 Å². The minimum Gasteiger partial charge on any atom is -0.271 e. The molecule has 0 aromatic carbocycles. The summed E-state index contributed by atoms with van der Waals surface area (Å²) in [6.07, 6.45) is -8.32. The van der Waals surface area contributed by atoms with Gasteiger partial charge < -0.3 is 0 Å². The van der Waals surface area contributed by atoms with Gasteiger partial charge in [0.25, 0.3) is 0 Å². The van der Waals surface area contributed by atoms with Gasteiger partial charge in [-0.1, -0.05) is 15.9 Å². The Bertz CT molecular complexity index is 354. The lowest BCUT2D eigenvalue weighted by molar-refractivity contribution is -0.141. The number of alkyl halides is 7. The maximum absolute atomic E-state index is 12.1. The van der Waals surface area contributed by atoms with Crippen molar-refractivity contribution in [2.24, 2.45) is 0 Å². The highest BCUT2D eigenvalue weighted by Crippen LogP contribution is 2.29. The Morgan fingerprint density at radius 3 is 2.19 bits per heavy atom. The second-order valence-corrected chi connectivity index (χ2v) is 4.04. The molecule has 9 heteroatoms. The van der Waals surface area contributed by atoms with Crippen molar-refractivity contribution in [2.45, 2.75) is 23.7 Å². The summed E-state index contributed by atoms with van der Waals surface area (Å²) in [7, 11) is 0. The molecule has 1 atom stereocenters. The van der Waals surface area contributed by atoms with Crippen LogP contribution in [0, 0.1) is 0 Å². The zero-order valence-electron chi connectivity index (χ0n) is 7.48. The molecule has 1 unspecified atom stereocenters. The molecule has 0 fully saturated rings. The number of hydrogen-bond donors (Lipinski definition) is 0. The zero-order chi connectivity index (χ0) is 12.6. The Balaban J connectivity index is 2.74. The fraction of sp³-hybridized carbons (Fsp3) is 0.571. The second-order valence-electron chi connectivity index (χ2n) is 2.93. The van der Waals surface area contributed by atoms with E-state index in [0.717, 1.165) is 6.20 Å². The van der Waals surface area contributed by atoms with Crippen LogP contribution < -0.4 is 0 Å². The van der Waals surface area contributed by atoms with Gasteiger partial charge in [-0.25, -0.2) is 0 Å². The predicted molar refractivity (Wildman–Crippen MR) is 46.0 cm³/mol. The number of rotatable bonds is 2. The number of aromatic nitrogens is 2. The van der Waals surface area contributed by atoms with Crippen molar-refractivity contribution in [3.05, 3.63) is 18.0 Å². The second kappa shape index (κ2) is 4.27. The maximum atomic E-state index is 12.1. The fourth-order valence-electron chi connectivity index (χ4n) is 0.882. The quantitative estimate of drug-likeness (QED) is 0.606. The van der Waals surface area contributed by atoms with Crippen molar-refractivity contribution in [2.75, 3.05) is 0 Å². The summed E-state index contributed by atoms with van der Waals surface area (Å²) in [5.74, 6) is 0. The lowest BCUT2D eigenvalue weighted by Crippen LogP contribution is -2.27. The third kappa shape index (κ3) is 3.39. The summed E-state index contributed by atoms with van der Waals surface area (Å²) in [4.78, 5) is -1.93. The van der Waals surface area contributed by atoms with Gasteiger partial charge >= 0.3 is 12.4 Å². The largest absolute Gasteiger partial charge is 0.435 e. The van der Waals surface area contributed by atoms with Crippen LogP contribution in [0.3, 0.4) is 0 Å². The van der Waals surface area contributed by atoms with E-state index < -0.39 is 29.4 Å². The van der Waals surface area contributed by atoms with Crippen molar-refractivity contribution in [3.8, 4) is 0 Å². The standard InChI is InChI=1S/C7H5BrF6N2/c8-4(6(9,10)11)3-16-2-1-5(15-16)7(12,13)14/h1-2,4H,3H2. The lowest BCUT2D eigenvalue weighted by Gasteiger charge is -2.13. The topological polar surface area (TPSA) is 17.8 Å². The van der Waals surface area contributed by atoms with E-state index in [1.54, 1.807) is 0 Å². The van der Waals surface area contributed by atoms with E-state index in [2.05, 4.69) is 21.0 Å². The molecule has 0 aliphatic rings. The van der Waals surface area contributed by atoms with Crippen LogP contribution >= 0.6 is 15.9 Å². The van der Waals surface area contributed by atoms with Crippen LogP contribution in [0.4, 0.5) is 26.3 Å². The highest BCUT2D eigenvalue weighted by Gasteiger charge is 2.39. The van der Waals surface area contributed by atoms with Crippen LogP contribution in [0.25, 0.3) is 0 Å². The summed E-state index contributed by atoms with van der Waals surface area (Å²) >= 11 is 2.33. The van der Waals surface area contributed by atoms with Crippen molar-refractivity contribution in [1.82, 2.24) is 9.78 Å². The van der Waals surface area contributed by atoms with Crippen molar-refractivity contribution >= 4 is 15.9 Å². The lowest BCUT2D eigenvalue weighted by atomic mass is 10.4. The molecule has 0 N–H and O–H groups in total. The summed E-state index contributed by atoms with van der Waals surface area (Å²) in [5, 5.41) is 3.00. The van der Waals surface area contributed by atoms with Gasteiger partial charge in [-0.05, 0) is 6.07 Å². The first-order chi connectivity index (χ1) is 7.10. The first-order valence-electron chi connectivity index (χ1n) is 3.92. The Labute approximate surface area is 94.4 Å². The molecule has 0 spiro atoms. The first kappa shape index (κ1) is 13.3. The van der Waals surface area contributed by atoms with Crippen LogP contribution in [0.2, 0.25) is 0 Å². The minimum absolute atomic E-state index is 0.593. The summed E-state index contributed by atoms with van der Waals surface area (Å²) in [6, 6.07) is 0.621. The average Bonchev–Trinajstić information content (AvgIpc) is 2.49. The molecule has 1 aromatic heterocycles. The van der Waals surface area contributed by atoms with Gasteiger partial charge in [0.1, 0.15) is 4.83 Å². The van der Waals surface area contributed by atoms with Crippen LogP contribution in [0.1, 0.15) is 5.69 Å². The van der Waals surface area contributed by atoms with Crippen LogP contribution in [0.5, 0.6) is 0 Å². The van der Waals surface area contributed by atoms with E-state index in [0.29, 0.717) is 10.7 Å². The van der Waals surface area contributed by atoms with Gasteiger partial charge in [0.05, 0.1) is 6.54 Å².